The summed E-state index contributed by atoms with van der Waals surface area (Å²) >= 11 is 0. The first-order valence-electron chi connectivity index (χ1n) is 5.66. The fourth-order valence-electron chi connectivity index (χ4n) is 1.78. The van der Waals surface area contributed by atoms with Crippen molar-refractivity contribution in [1.29, 1.82) is 0 Å². The van der Waals surface area contributed by atoms with E-state index in [0.29, 0.717) is 0 Å². The van der Waals surface area contributed by atoms with Gasteiger partial charge in [-0.05, 0) is 19.3 Å². The van der Waals surface area contributed by atoms with E-state index in [1.807, 2.05) is 0 Å². The van der Waals surface area contributed by atoms with Crippen LogP contribution in [0.5, 0.6) is 0 Å². The predicted molar refractivity (Wildman–Crippen MR) is 62.5 cm³/mol. The summed E-state index contributed by atoms with van der Waals surface area (Å²) in [5.74, 6) is -1.13. The minimum absolute atomic E-state index is 0.000599. The number of carboxylic acid groups (broad SMARTS) is 1. The van der Waals surface area contributed by atoms with Gasteiger partial charge in [0.25, 0.3) is 10.2 Å². The van der Waals surface area contributed by atoms with Gasteiger partial charge in [0.1, 0.15) is 6.04 Å². The molecule has 0 radical (unpaired) electrons. The van der Waals surface area contributed by atoms with Gasteiger partial charge in [-0.25, -0.2) is 4.72 Å². The fraction of sp³-hybridized carbons (Fsp3) is 0.889. The van der Waals surface area contributed by atoms with Crippen molar-refractivity contribution in [3.05, 3.63) is 0 Å². The Bertz CT molecular complexity index is 351. The number of carboxylic acids is 1. The molecular weight excluding hydrogens is 246 g/mol. The third kappa shape index (κ3) is 5.44. The van der Waals surface area contributed by atoms with E-state index < -0.39 is 22.2 Å². The van der Waals surface area contributed by atoms with Crippen LogP contribution in [-0.4, -0.2) is 38.1 Å². The monoisotopic (exact) mass is 265 g/mol. The Kier molecular flexibility index (Phi) is 5.31. The van der Waals surface area contributed by atoms with E-state index >= 15 is 0 Å². The number of carbonyl (C=O) groups is 1. The van der Waals surface area contributed by atoms with Gasteiger partial charge < -0.3 is 10.8 Å². The maximum absolute atomic E-state index is 11.5. The van der Waals surface area contributed by atoms with Crippen LogP contribution in [0.4, 0.5) is 0 Å². The molecule has 0 aromatic carbocycles. The Morgan fingerprint density at radius 3 is 2.53 bits per heavy atom. The van der Waals surface area contributed by atoms with Gasteiger partial charge >= 0.3 is 5.97 Å². The van der Waals surface area contributed by atoms with Crippen molar-refractivity contribution in [3.63, 3.8) is 0 Å². The molecule has 1 rings (SSSR count). The van der Waals surface area contributed by atoms with Crippen molar-refractivity contribution >= 4 is 16.2 Å². The summed E-state index contributed by atoms with van der Waals surface area (Å²) in [6.07, 6.45) is 3.86. The number of hydrogen-bond acceptors (Lipinski definition) is 4. The Labute approximate surface area is 101 Å². The highest BCUT2D eigenvalue weighted by molar-refractivity contribution is 7.87. The molecule has 0 heterocycles. The Morgan fingerprint density at radius 1 is 1.41 bits per heavy atom. The number of rotatable bonds is 7. The molecule has 0 aliphatic heterocycles. The van der Waals surface area contributed by atoms with E-state index in [1.54, 1.807) is 0 Å². The summed E-state index contributed by atoms with van der Waals surface area (Å²) in [6, 6.07) is -1.04. The molecular formula is C9H19N3O4S. The predicted octanol–water partition coefficient (Wildman–Crippen LogP) is -0.845. The number of nitrogens with two attached hydrogens (primary N) is 1. The van der Waals surface area contributed by atoms with Crippen LogP contribution in [0.1, 0.15) is 32.1 Å². The first-order chi connectivity index (χ1) is 7.91. The lowest BCUT2D eigenvalue weighted by Crippen LogP contribution is -2.43. The molecule has 100 valence electrons. The van der Waals surface area contributed by atoms with Crippen molar-refractivity contribution in [2.45, 2.75) is 44.2 Å². The average Bonchev–Trinajstić information content (AvgIpc) is 2.68. The molecule has 1 aliphatic carbocycles. The van der Waals surface area contributed by atoms with Gasteiger partial charge in [0, 0.05) is 12.6 Å². The van der Waals surface area contributed by atoms with Gasteiger partial charge in [-0.3, -0.25) is 4.79 Å². The molecule has 5 N–H and O–H groups in total. The Morgan fingerprint density at radius 2 is 2.00 bits per heavy atom. The standard InChI is InChI=1S/C9H19N3O4S/c10-8(9(13)14)5-6-11-17(15,16)12-7-3-1-2-4-7/h7-8,11-12H,1-6,10H2,(H,13,14)/t8-/m0/s1. The normalized spacial score (nSPS) is 19.4. The largest absolute Gasteiger partial charge is 0.480 e. The first kappa shape index (κ1) is 14.4. The quantitative estimate of drug-likeness (QED) is 0.478. The molecule has 1 saturated carbocycles. The molecule has 1 atom stereocenters. The van der Waals surface area contributed by atoms with Crippen LogP contribution in [0.25, 0.3) is 0 Å². The van der Waals surface area contributed by atoms with Crippen LogP contribution in [0.2, 0.25) is 0 Å². The van der Waals surface area contributed by atoms with Crippen LogP contribution in [0.3, 0.4) is 0 Å². The lowest BCUT2D eigenvalue weighted by Gasteiger charge is -2.13. The summed E-state index contributed by atoms with van der Waals surface area (Å²) < 4.78 is 27.9. The summed E-state index contributed by atoms with van der Waals surface area (Å²) in [5.41, 5.74) is 5.25. The van der Waals surface area contributed by atoms with Gasteiger partial charge in [-0.15, -0.1) is 0 Å². The molecule has 0 aromatic heterocycles. The van der Waals surface area contributed by atoms with E-state index in [-0.39, 0.29) is 19.0 Å². The van der Waals surface area contributed by atoms with Gasteiger partial charge in [-0.2, -0.15) is 13.1 Å². The number of hydrogen-bond donors (Lipinski definition) is 4. The van der Waals surface area contributed by atoms with Crippen LogP contribution >= 0.6 is 0 Å². The zero-order chi connectivity index (χ0) is 12.9. The van der Waals surface area contributed by atoms with Crippen molar-refractivity contribution in [3.8, 4) is 0 Å². The molecule has 0 aromatic rings. The van der Waals surface area contributed by atoms with Crippen LogP contribution < -0.4 is 15.2 Å². The van der Waals surface area contributed by atoms with Crippen molar-refractivity contribution in [2.75, 3.05) is 6.54 Å². The second-order valence-corrected chi connectivity index (χ2v) is 5.76. The minimum atomic E-state index is -3.53. The number of nitrogens with one attached hydrogen (secondary N) is 2. The lowest BCUT2D eigenvalue weighted by atomic mass is 10.2. The summed E-state index contributed by atoms with van der Waals surface area (Å²) in [7, 11) is -3.53. The Balaban J connectivity index is 2.26. The summed E-state index contributed by atoms with van der Waals surface area (Å²) in [6.45, 7) is 0.0233. The number of aliphatic carboxylic acids is 1. The van der Waals surface area contributed by atoms with E-state index in [0.717, 1.165) is 25.7 Å². The topological polar surface area (TPSA) is 122 Å². The summed E-state index contributed by atoms with van der Waals surface area (Å²) in [4.78, 5) is 10.4. The van der Waals surface area contributed by atoms with Gasteiger partial charge in [-0.1, -0.05) is 12.8 Å². The van der Waals surface area contributed by atoms with E-state index in [1.165, 1.54) is 0 Å². The van der Waals surface area contributed by atoms with Crippen LogP contribution in [-0.2, 0) is 15.0 Å². The summed E-state index contributed by atoms with van der Waals surface area (Å²) in [5, 5.41) is 8.52. The highest BCUT2D eigenvalue weighted by atomic mass is 32.2. The molecule has 0 amide bonds. The zero-order valence-electron chi connectivity index (χ0n) is 9.55. The first-order valence-corrected chi connectivity index (χ1v) is 7.14. The molecule has 1 fully saturated rings. The molecule has 8 heteroatoms. The maximum Gasteiger partial charge on any atom is 0.320 e. The molecule has 0 bridgehead atoms. The van der Waals surface area contributed by atoms with Crippen LogP contribution in [0, 0.1) is 0 Å². The molecule has 7 nitrogen and oxygen atoms in total. The lowest BCUT2D eigenvalue weighted by molar-refractivity contribution is -0.138. The van der Waals surface area contributed by atoms with Crippen molar-refractivity contribution < 1.29 is 18.3 Å². The minimum Gasteiger partial charge on any atom is -0.480 e. The molecule has 0 saturated heterocycles. The molecule has 0 spiro atoms. The SMILES string of the molecule is N[C@@H](CCNS(=O)(=O)NC1CCCC1)C(=O)O. The van der Waals surface area contributed by atoms with Crippen molar-refractivity contribution in [2.24, 2.45) is 5.73 Å². The van der Waals surface area contributed by atoms with Gasteiger partial charge in [0.15, 0.2) is 0 Å². The van der Waals surface area contributed by atoms with Crippen LogP contribution in [0.15, 0.2) is 0 Å². The van der Waals surface area contributed by atoms with Gasteiger partial charge in [0.05, 0.1) is 0 Å². The highest BCUT2D eigenvalue weighted by Gasteiger charge is 2.21. The Hall–Kier alpha value is -0.700. The third-order valence-electron chi connectivity index (χ3n) is 2.74. The van der Waals surface area contributed by atoms with Crippen molar-refractivity contribution in [1.82, 2.24) is 9.44 Å². The molecule has 1 aliphatic rings. The second-order valence-electron chi connectivity index (χ2n) is 4.23. The van der Waals surface area contributed by atoms with E-state index in [4.69, 9.17) is 10.8 Å². The zero-order valence-corrected chi connectivity index (χ0v) is 10.4. The molecule has 17 heavy (non-hydrogen) atoms. The second kappa shape index (κ2) is 6.29. The maximum atomic E-state index is 11.5. The van der Waals surface area contributed by atoms with E-state index in [9.17, 15) is 13.2 Å². The molecule has 0 unspecified atom stereocenters. The smallest absolute Gasteiger partial charge is 0.320 e. The fourth-order valence-corrected chi connectivity index (χ4v) is 2.92. The highest BCUT2D eigenvalue weighted by Crippen LogP contribution is 2.17. The average molecular weight is 265 g/mol. The third-order valence-corrected chi connectivity index (χ3v) is 3.97. The van der Waals surface area contributed by atoms with E-state index in [2.05, 4.69) is 9.44 Å². The van der Waals surface area contributed by atoms with Gasteiger partial charge in [0.2, 0.25) is 0 Å².